The van der Waals surface area contributed by atoms with Crippen LogP contribution in [0.4, 0.5) is 0 Å². The quantitative estimate of drug-likeness (QED) is 0.705. The number of aldehydes is 1. The Kier molecular flexibility index (Phi) is 2.59. The maximum absolute atomic E-state index is 10.3. The van der Waals surface area contributed by atoms with E-state index in [0.717, 1.165) is 0 Å². The molecule has 0 saturated heterocycles. The maximum atomic E-state index is 10.3. The van der Waals surface area contributed by atoms with Crippen LogP contribution in [0, 0.1) is 0 Å². The summed E-state index contributed by atoms with van der Waals surface area (Å²) in [6.07, 6.45) is 2.19. The average Bonchev–Trinajstić information content (AvgIpc) is 2.05. The largest absolute Gasteiger partial charge is 0.495 e. The van der Waals surface area contributed by atoms with Gasteiger partial charge in [0.2, 0.25) is 0 Å². The third kappa shape index (κ3) is 1.57. The van der Waals surface area contributed by atoms with Crippen LogP contribution < -0.4 is 4.74 Å². The first-order chi connectivity index (χ1) is 5.29. The molecule has 0 aromatic carbocycles. The van der Waals surface area contributed by atoms with Crippen LogP contribution in [0.3, 0.4) is 0 Å². The minimum Gasteiger partial charge on any atom is -0.495 e. The molecule has 0 amide bonds. The summed E-state index contributed by atoms with van der Waals surface area (Å²) in [6.45, 7) is 0. The fourth-order valence-electron chi connectivity index (χ4n) is 0.681. The zero-order valence-corrected chi connectivity index (χ0v) is 7.46. The number of aromatic nitrogens is 1. The molecule has 58 valence electrons. The number of methoxy groups -OCH3 is 1. The molecule has 0 aliphatic carbocycles. The minimum atomic E-state index is 0.351. The van der Waals surface area contributed by atoms with Crippen molar-refractivity contribution in [1.82, 2.24) is 4.98 Å². The van der Waals surface area contributed by atoms with Crippen molar-refractivity contribution >= 4 is 22.2 Å². The Morgan fingerprint density at radius 3 is 3.00 bits per heavy atom. The maximum Gasteiger partial charge on any atom is 0.169 e. The molecule has 1 rings (SSSR count). The molecule has 0 unspecified atom stereocenters. The Labute approximate surface area is 72.5 Å². The molecule has 0 N–H and O–H groups in total. The van der Waals surface area contributed by atoms with Crippen molar-refractivity contribution in [3.63, 3.8) is 0 Å². The standard InChI is InChI=1S/C7H6BrNO2/c1-11-6-2-3-9-5(4-10)7(6)8/h2-4H,1H3. The molecule has 0 aliphatic heterocycles. The fraction of sp³-hybridized carbons (Fsp3) is 0.143. The number of nitrogens with zero attached hydrogens (tertiary/aromatic N) is 1. The van der Waals surface area contributed by atoms with Gasteiger partial charge in [0, 0.05) is 6.20 Å². The van der Waals surface area contributed by atoms with Crippen LogP contribution in [0.15, 0.2) is 16.7 Å². The van der Waals surface area contributed by atoms with Crippen molar-refractivity contribution < 1.29 is 9.53 Å². The fourth-order valence-corrected chi connectivity index (χ4v) is 1.17. The molecule has 0 saturated carbocycles. The smallest absolute Gasteiger partial charge is 0.169 e. The highest BCUT2D eigenvalue weighted by atomic mass is 79.9. The van der Waals surface area contributed by atoms with E-state index in [-0.39, 0.29) is 0 Å². The van der Waals surface area contributed by atoms with Crippen LogP contribution in [0.2, 0.25) is 0 Å². The molecule has 11 heavy (non-hydrogen) atoms. The number of pyridine rings is 1. The van der Waals surface area contributed by atoms with Crippen LogP contribution in [-0.4, -0.2) is 18.4 Å². The van der Waals surface area contributed by atoms with Crippen molar-refractivity contribution in [2.24, 2.45) is 0 Å². The second-order valence-electron chi connectivity index (χ2n) is 1.83. The van der Waals surface area contributed by atoms with Crippen LogP contribution in [0.5, 0.6) is 5.75 Å². The van der Waals surface area contributed by atoms with Crippen LogP contribution >= 0.6 is 15.9 Å². The molecule has 1 heterocycles. The molecule has 0 bridgehead atoms. The second kappa shape index (κ2) is 3.48. The van der Waals surface area contributed by atoms with Gasteiger partial charge >= 0.3 is 0 Å². The monoisotopic (exact) mass is 215 g/mol. The van der Waals surface area contributed by atoms with Gasteiger partial charge in [0.15, 0.2) is 6.29 Å². The van der Waals surface area contributed by atoms with E-state index < -0.39 is 0 Å². The number of ether oxygens (including phenoxy) is 1. The van der Waals surface area contributed by atoms with Crippen LogP contribution in [-0.2, 0) is 0 Å². The molecule has 4 heteroatoms. The summed E-state index contributed by atoms with van der Waals surface area (Å²) >= 11 is 3.18. The molecular weight excluding hydrogens is 210 g/mol. The normalized spacial score (nSPS) is 9.27. The van der Waals surface area contributed by atoms with Crippen molar-refractivity contribution in [3.8, 4) is 5.75 Å². The first-order valence-electron chi connectivity index (χ1n) is 2.93. The summed E-state index contributed by atoms with van der Waals surface area (Å²) in [7, 11) is 1.54. The highest BCUT2D eigenvalue weighted by Crippen LogP contribution is 2.25. The Morgan fingerprint density at radius 1 is 1.73 bits per heavy atom. The van der Waals surface area contributed by atoms with Gasteiger partial charge in [0.1, 0.15) is 11.4 Å². The Hall–Kier alpha value is -0.900. The zero-order valence-electron chi connectivity index (χ0n) is 5.87. The Balaban J connectivity index is 3.20. The summed E-state index contributed by atoms with van der Waals surface area (Å²) in [5, 5.41) is 0. The number of hydrogen-bond donors (Lipinski definition) is 0. The molecular formula is C7H6BrNO2. The van der Waals surface area contributed by atoms with Crippen LogP contribution in [0.1, 0.15) is 10.5 Å². The summed E-state index contributed by atoms with van der Waals surface area (Å²) in [6, 6.07) is 1.68. The minimum absolute atomic E-state index is 0.351. The van der Waals surface area contributed by atoms with Crippen molar-refractivity contribution in [1.29, 1.82) is 0 Å². The third-order valence-corrected chi connectivity index (χ3v) is 2.01. The Morgan fingerprint density at radius 2 is 2.45 bits per heavy atom. The molecule has 0 radical (unpaired) electrons. The first kappa shape index (κ1) is 8.20. The third-order valence-electron chi connectivity index (χ3n) is 1.21. The Bertz CT molecular complexity index is 275. The van der Waals surface area contributed by atoms with Gasteiger partial charge in [0.25, 0.3) is 0 Å². The lowest BCUT2D eigenvalue weighted by Crippen LogP contribution is -1.91. The van der Waals surface area contributed by atoms with Gasteiger partial charge in [-0.25, -0.2) is 0 Å². The van der Waals surface area contributed by atoms with Crippen molar-refractivity contribution in [3.05, 3.63) is 22.4 Å². The van der Waals surface area contributed by atoms with Crippen molar-refractivity contribution in [2.75, 3.05) is 7.11 Å². The van der Waals surface area contributed by atoms with Gasteiger partial charge in [-0.15, -0.1) is 0 Å². The van der Waals surface area contributed by atoms with E-state index in [2.05, 4.69) is 20.9 Å². The SMILES string of the molecule is COc1ccnc(C=O)c1Br. The van der Waals surface area contributed by atoms with E-state index in [9.17, 15) is 4.79 Å². The van der Waals surface area contributed by atoms with Crippen molar-refractivity contribution in [2.45, 2.75) is 0 Å². The lowest BCUT2D eigenvalue weighted by atomic mass is 10.3. The molecule has 3 nitrogen and oxygen atoms in total. The first-order valence-corrected chi connectivity index (χ1v) is 3.72. The summed E-state index contributed by atoms with van der Waals surface area (Å²) in [5.41, 5.74) is 0.351. The molecule has 0 atom stereocenters. The molecule has 1 aromatic heterocycles. The van der Waals surface area contributed by atoms with Gasteiger partial charge in [-0.05, 0) is 22.0 Å². The topological polar surface area (TPSA) is 39.2 Å². The van der Waals surface area contributed by atoms with E-state index >= 15 is 0 Å². The molecule has 0 fully saturated rings. The number of carbonyl (C=O) groups excluding carboxylic acids is 1. The predicted octanol–water partition coefficient (Wildman–Crippen LogP) is 1.67. The lowest BCUT2D eigenvalue weighted by molar-refractivity contribution is 0.111. The summed E-state index contributed by atoms with van der Waals surface area (Å²) < 4.78 is 5.54. The van der Waals surface area contributed by atoms with Crippen LogP contribution in [0.25, 0.3) is 0 Å². The summed E-state index contributed by atoms with van der Waals surface area (Å²) in [4.78, 5) is 14.2. The molecule has 1 aromatic rings. The van der Waals surface area contributed by atoms with E-state index in [0.29, 0.717) is 22.2 Å². The number of rotatable bonds is 2. The van der Waals surface area contributed by atoms with E-state index in [1.807, 2.05) is 0 Å². The van der Waals surface area contributed by atoms with E-state index in [1.165, 1.54) is 13.3 Å². The van der Waals surface area contributed by atoms with Gasteiger partial charge in [-0.3, -0.25) is 9.78 Å². The number of hydrogen-bond acceptors (Lipinski definition) is 3. The van der Waals surface area contributed by atoms with E-state index in [4.69, 9.17) is 4.74 Å². The summed E-state index contributed by atoms with van der Waals surface area (Å²) in [5.74, 6) is 0.613. The van der Waals surface area contributed by atoms with Gasteiger partial charge in [0.05, 0.1) is 11.6 Å². The number of halogens is 1. The average molecular weight is 216 g/mol. The van der Waals surface area contributed by atoms with Gasteiger partial charge in [-0.2, -0.15) is 0 Å². The van der Waals surface area contributed by atoms with E-state index in [1.54, 1.807) is 6.07 Å². The highest BCUT2D eigenvalue weighted by molar-refractivity contribution is 9.10. The second-order valence-corrected chi connectivity index (χ2v) is 2.62. The van der Waals surface area contributed by atoms with Gasteiger partial charge in [-0.1, -0.05) is 0 Å². The molecule has 0 spiro atoms. The zero-order chi connectivity index (χ0) is 8.27. The number of carbonyl (C=O) groups is 1. The highest BCUT2D eigenvalue weighted by Gasteiger charge is 2.04. The van der Waals surface area contributed by atoms with Gasteiger partial charge < -0.3 is 4.74 Å². The lowest BCUT2D eigenvalue weighted by Gasteiger charge is -2.02. The molecule has 0 aliphatic rings. The predicted molar refractivity (Wildman–Crippen MR) is 43.9 cm³/mol.